The van der Waals surface area contributed by atoms with Gasteiger partial charge in [-0.3, -0.25) is 14.9 Å². The summed E-state index contributed by atoms with van der Waals surface area (Å²) < 4.78 is 18.2. The largest absolute Gasteiger partial charge is 0.454 e. The summed E-state index contributed by atoms with van der Waals surface area (Å²) in [4.78, 5) is 33.6. The summed E-state index contributed by atoms with van der Waals surface area (Å²) in [6.07, 6.45) is 0. The summed E-state index contributed by atoms with van der Waals surface area (Å²) in [5.41, 5.74) is -0.800. The molecule has 0 saturated heterocycles. The minimum Gasteiger partial charge on any atom is -0.454 e. The van der Waals surface area contributed by atoms with Gasteiger partial charge in [0.1, 0.15) is 10.8 Å². The standard InChI is InChI=1S/C15H9ClFNO5/c16-11-6-5-9(7-13(11)18(21)22)15(20)23-8-14(19)10-3-1-2-4-12(10)17/h1-7H,8H2. The third-order valence-corrected chi connectivity index (χ3v) is 3.21. The predicted octanol–water partition coefficient (Wildman–Crippen LogP) is 3.43. The van der Waals surface area contributed by atoms with E-state index < -0.39 is 34.8 Å². The minimum atomic E-state index is -0.950. The molecule has 0 aliphatic heterocycles. The summed E-state index contributed by atoms with van der Waals surface area (Å²) >= 11 is 5.63. The van der Waals surface area contributed by atoms with E-state index in [4.69, 9.17) is 16.3 Å². The molecule has 2 aromatic carbocycles. The third-order valence-electron chi connectivity index (χ3n) is 2.89. The Morgan fingerprint density at radius 2 is 1.91 bits per heavy atom. The zero-order valence-corrected chi connectivity index (χ0v) is 12.2. The van der Waals surface area contributed by atoms with E-state index in [0.29, 0.717) is 0 Å². The fourth-order valence-electron chi connectivity index (χ4n) is 1.76. The number of Topliss-reactive ketones (excluding diaryl/α,β-unsaturated/α-hetero) is 1. The van der Waals surface area contributed by atoms with Gasteiger partial charge in [0.2, 0.25) is 5.78 Å². The van der Waals surface area contributed by atoms with Crippen LogP contribution in [0.4, 0.5) is 10.1 Å². The number of carbonyl (C=O) groups excluding carboxylic acids is 2. The number of halogens is 2. The van der Waals surface area contributed by atoms with Crippen molar-refractivity contribution < 1.29 is 23.6 Å². The summed E-state index contributed by atoms with van der Waals surface area (Å²) in [5.74, 6) is -2.40. The highest BCUT2D eigenvalue weighted by Crippen LogP contribution is 2.25. The van der Waals surface area contributed by atoms with E-state index in [1.165, 1.54) is 30.3 Å². The number of hydrogen-bond donors (Lipinski definition) is 0. The molecule has 0 spiro atoms. The zero-order chi connectivity index (χ0) is 17.0. The number of rotatable bonds is 5. The van der Waals surface area contributed by atoms with Crippen LogP contribution in [0, 0.1) is 15.9 Å². The molecular weight excluding hydrogens is 329 g/mol. The number of ether oxygens (including phenoxy) is 1. The van der Waals surface area contributed by atoms with Crippen molar-refractivity contribution in [2.24, 2.45) is 0 Å². The van der Waals surface area contributed by atoms with Crippen LogP contribution in [-0.4, -0.2) is 23.3 Å². The van der Waals surface area contributed by atoms with Crippen LogP contribution in [0.5, 0.6) is 0 Å². The first-order valence-electron chi connectivity index (χ1n) is 6.29. The molecule has 0 aromatic heterocycles. The molecule has 0 radical (unpaired) electrons. The highest BCUT2D eigenvalue weighted by molar-refractivity contribution is 6.32. The Bertz CT molecular complexity index is 793. The van der Waals surface area contributed by atoms with Crippen LogP contribution in [-0.2, 0) is 4.74 Å². The molecule has 0 heterocycles. The molecule has 2 aromatic rings. The monoisotopic (exact) mass is 337 g/mol. The average molecular weight is 338 g/mol. The Morgan fingerprint density at radius 1 is 1.22 bits per heavy atom. The molecule has 0 N–H and O–H groups in total. The second-order valence-electron chi connectivity index (χ2n) is 4.40. The van der Waals surface area contributed by atoms with Crippen molar-refractivity contribution in [1.29, 1.82) is 0 Å². The Labute approximate surface area is 134 Å². The summed E-state index contributed by atoms with van der Waals surface area (Å²) in [6.45, 7) is -0.684. The van der Waals surface area contributed by atoms with Crippen molar-refractivity contribution >= 4 is 29.0 Å². The first-order chi connectivity index (χ1) is 10.9. The van der Waals surface area contributed by atoms with E-state index in [1.54, 1.807) is 0 Å². The van der Waals surface area contributed by atoms with Gasteiger partial charge >= 0.3 is 5.97 Å². The summed E-state index contributed by atoms with van der Waals surface area (Å²) in [5, 5.41) is 10.6. The van der Waals surface area contributed by atoms with Crippen LogP contribution >= 0.6 is 11.6 Å². The Morgan fingerprint density at radius 3 is 2.57 bits per heavy atom. The van der Waals surface area contributed by atoms with Crippen molar-refractivity contribution in [1.82, 2.24) is 0 Å². The molecule has 0 aliphatic carbocycles. The molecule has 118 valence electrons. The molecule has 0 unspecified atom stereocenters. The summed E-state index contributed by atoms with van der Waals surface area (Å²) in [7, 11) is 0. The average Bonchev–Trinajstić information content (AvgIpc) is 2.52. The number of hydrogen-bond acceptors (Lipinski definition) is 5. The molecule has 0 bridgehead atoms. The van der Waals surface area contributed by atoms with Crippen LogP contribution in [0.25, 0.3) is 0 Å². The molecule has 0 amide bonds. The number of nitro groups is 1. The first kappa shape index (κ1) is 16.6. The maximum atomic E-state index is 13.4. The van der Waals surface area contributed by atoms with E-state index >= 15 is 0 Å². The molecule has 23 heavy (non-hydrogen) atoms. The smallest absolute Gasteiger partial charge is 0.338 e. The van der Waals surface area contributed by atoms with Crippen molar-refractivity contribution in [2.75, 3.05) is 6.61 Å². The zero-order valence-electron chi connectivity index (χ0n) is 11.5. The quantitative estimate of drug-likeness (QED) is 0.361. The second-order valence-corrected chi connectivity index (χ2v) is 4.81. The SMILES string of the molecule is O=C(OCC(=O)c1ccccc1F)c1ccc(Cl)c([N+](=O)[O-])c1. The van der Waals surface area contributed by atoms with E-state index in [1.807, 2.05) is 0 Å². The van der Waals surface area contributed by atoms with Crippen LogP contribution in [0.2, 0.25) is 5.02 Å². The van der Waals surface area contributed by atoms with Gasteiger partial charge in [-0.05, 0) is 24.3 Å². The minimum absolute atomic E-state index is 0.131. The number of nitro benzene ring substituents is 1. The molecule has 2 rings (SSSR count). The van der Waals surface area contributed by atoms with Gasteiger partial charge < -0.3 is 4.74 Å². The fourth-order valence-corrected chi connectivity index (χ4v) is 1.95. The van der Waals surface area contributed by atoms with Gasteiger partial charge in [0.25, 0.3) is 5.69 Å². The topological polar surface area (TPSA) is 86.5 Å². The highest BCUT2D eigenvalue weighted by Gasteiger charge is 2.19. The van der Waals surface area contributed by atoms with Gasteiger partial charge in [-0.25, -0.2) is 9.18 Å². The summed E-state index contributed by atoms with van der Waals surface area (Å²) in [6, 6.07) is 8.61. The van der Waals surface area contributed by atoms with E-state index in [9.17, 15) is 24.1 Å². The van der Waals surface area contributed by atoms with Crippen molar-refractivity contribution in [3.8, 4) is 0 Å². The van der Waals surface area contributed by atoms with Gasteiger partial charge in [-0.15, -0.1) is 0 Å². The molecular formula is C15H9ClFNO5. The van der Waals surface area contributed by atoms with Gasteiger partial charge in [0.15, 0.2) is 6.61 Å². The molecule has 8 heteroatoms. The van der Waals surface area contributed by atoms with Crippen LogP contribution in [0.3, 0.4) is 0 Å². The van der Waals surface area contributed by atoms with Crippen LogP contribution in [0.15, 0.2) is 42.5 Å². The predicted molar refractivity (Wildman–Crippen MR) is 79.1 cm³/mol. The van der Waals surface area contributed by atoms with Crippen LogP contribution < -0.4 is 0 Å². The van der Waals surface area contributed by atoms with Gasteiger partial charge in [-0.1, -0.05) is 23.7 Å². The van der Waals surface area contributed by atoms with Crippen molar-refractivity contribution in [2.45, 2.75) is 0 Å². The third kappa shape index (κ3) is 3.89. The number of esters is 1. The second kappa shape index (κ2) is 6.97. The molecule has 0 atom stereocenters. The lowest BCUT2D eigenvalue weighted by Gasteiger charge is -2.05. The van der Waals surface area contributed by atoms with Crippen LogP contribution in [0.1, 0.15) is 20.7 Å². The number of carbonyl (C=O) groups is 2. The molecule has 0 fully saturated rings. The lowest BCUT2D eigenvalue weighted by atomic mass is 10.1. The lowest BCUT2D eigenvalue weighted by Crippen LogP contribution is -2.15. The maximum absolute atomic E-state index is 13.4. The maximum Gasteiger partial charge on any atom is 0.338 e. The Hall–Kier alpha value is -2.80. The van der Waals surface area contributed by atoms with Gasteiger partial charge in [0, 0.05) is 6.07 Å². The lowest BCUT2D eigenvalue weighted by molar-refractivity contribution is -0.384. The van der Waals surface area contributed by atoms with Crippen molar-refractivity contribution in [3.63, 3.8) is 0 Å². The number of ketones is 1. The van der Waals surface area contributed by atoms with E-state index in [2.05, 4.69) is 0 Å². The fraction of sp³-hybridized carbons (Fsp3) is 0.0667. The molecule has 0 saturated carbocycles. The van der Waals surface area contributed by atoms with Crippen molar-refractivity contribution in [3.05, 3.63) is 74.5 Å². The van der Waals surface area contributed by atoms with Gasteiger partial charge in [0.05, 0.1) is 16.1 Å². The number of nitrogens with zero attached hydrogens (tertiary/aromatic N) is 1. The van der Waals surface area contributed by atoms with E-state index in [0.717, 1.165) is 12.1 Å². The molecule has 0 aliphatic rings. The highest BCUT2D eigenvalue weighted by atomic mass is 35.5. The number of benzene rings is 2. The Balaban J connectivity index is 2.08. The molecule has 6 nitrogen and oxygen atoms in total. The first-order valence-corrected chi connectivity index (χ1v) is 6.66. The normalized spacial score (nSPS) is 10.2. The Kier molecular flexibility index (Phi) is 5.02. The van der Waals surface area contributed by atoms with E-state index in [-0.39, 0.29) is 16.1 Å². The van der Waals surface area contributed by atoms with Gasteiger partial charge in [-0.2, -0.15) is 0 Å².